The summed E-state index contributed by atoms with van der Waals surface area (Å²) in [7, 11) is 1.58. The van der Waals surface area contributed by atoms with Crippen molar-refractivity contribution in [3.8, 4) is 5.75 Å². The molecule has 2 N–H and O–H groups in total. The van der Waals surface area contributed by atoms with Crippen LogP contribution in [0.3, 0.4) is 0 Å². The van der Waals surface area contributed by atoms with Gasteiger partial charge in [-0.25, -0.2) is 0 Å². The van der Waals surface area contributed by atoms with Crippen molar-refractivity contribution in [2.45, 2.75) is 19.6 Å². The normalized spacial score (nSPS) is 10.7. The third-order valence-electron chi connectivity index (χ3n) is 5.27. The van der Waals surface area contributed by atoms with Crippen LogP contribution in [-0.2, 0) is 24.4 Å². The van der Waals surface area contributed by atoms with Gasteiger partial charge >= 0.3 is 0 Å². The number of pyridine rings is 1. The van der Waals surface area contributed by atoms with Crippen molar-refractivity contribution in [3.05, 3.63) is 106 Å². The molecular weight excluding hydrogens is 402 g/mol. The highest BCUT2D eigenvalue weighted by atomic mass is 16.5. The van der Waals surface area contributed by atoms with E-state index in [9.17, 15) is 9.59 Å². The third kappa shape index (κ3) is 4.98. The smallest absolute Gasteiger partial charge is 0.256 e. The number of carbonyl (C=O) groups is 1. The zero-order chi connectivity index (χ0) is 22.3. The Morgan fingerprint density at radius 1 is 0.906 bits per heavy atom. The predicted molar refractivity (Wildman–Crippen MR) is 127 cm³/mol. The van der Waals surface area contributed by atoms with Gasteiger partial charge in [0.25, 0.3) is 5.56 Å². The molecule has 0 fully saturated rings. The molecule has 4 rings (SSSR count). The summed E-state index contributed by atoms with van der Waals surface area (Å²) in [6.45, 7) is 0.690. The first-order chi connectivity index (χ1) is 15.6. The maximum absolute atomic E-state index is 13.3. The van der Waals surface area contributed by atoms with Crippen LogP contribution in [0.1, 0.15) is 11.1 Å². The van der Waals surface area contributed by atoms with Gasteiger partial charge in [0.15, 0.2) is 0 Å². The molecule has 6 heteroatoms. The molecule has 1 amide bonds. The van der Waals surface area contributed by atoms with Crippen molar-refractivity contribution in [2.75, 3.05) is 12.4 Å². The molecule has 0 saturated carbocycles. The van der Waals surface area contributed by atoms with E-state index in [1.165, 1.54) is 4.57 Å². The number of anilines is 1. The summed E-state index contributed by atoms with van der Waals surface area (Å²) in [6.07, 6.45) is 0. The molecule has 0 bridgehead atoms. The number of ether oxygens (including phenoxy) is 1. The zero-order valence-corrected chi connectivity index (χ0v) is 17.9. The molecule has 4 aromatic rings. The van der Waals surface area contributed by atoms with Crippen molar-refractivity contribution >= 4 is 22.5 Å². The second-order valence-electron chi connectivity index (χ2n) is 7.47. The van der Waals surface area contributed by atoms with Gasteiger partial charge in [0.2, 0.25) is 5.91 Å². The van der Waals surface area contributed by atoms with E-state index >= 15 is 0 Å². The first-order valence-electron chi connectivity index (χ1n) is 10.4. The Labute approximate surface area is 186 Å². The molecule has 32 heavy (non-hydrogen) atoms. The topological polar surface area (TPSA) is 72.4 Å². The number of rotatable bonds is 8. The van der Waals surface area contributed by atoms with E-state index in [0.717, 1.165) is 16.6 Å². The van der Waals surface area contributed by atoms with Crippen molar-refractivity contribution in [3.63, 3.8) is 0 Å². The molecule has 0 unspecified atom stereocenters. The molecule has 3 aromatic carbocycles. The fourth-order valence-electron chi connectivity index (χ4n) is 3.57. The lowest BCUT2D eigenvalue weighted by molar-refractivity contribution is -0.121. The average molecular weight is 428 g/mol. The Bertz CT molecular complexity index is 1270. The summed E-state index contributed by atoms with van der Waals surface area (Å²) in [6, 6.07) is 26.8. The van der Waals surface area contributed by atoms with Crippen molar-refractivity contribution in [1.82, 2.24) is 9.88 Å². The van der Waals surface area contributed by atoms with Gasteiger partial charge in [-0.05, 0) is 41.3 Å². The van der Waals surface area contributed by atoms with Crippen LogP contribution in [0, 0.1) is 0 Å². The summed E-state index contributed by atoms with van der Waals surface area (Å²) >= 11 is 0. The van der Waals surface area contributed by atoms with Crippen LogP contribution in [0.25, 0.3) is 10.9 Å². The summed E-state index contributed by atoms with van der Waals surface area (Å²) in [5.41, 5.74) is 2.97. The molecule has 0 aliphatic heterocycles. The Morgan fingerprint density at radius 2 is 1.62 bits per heavy atom. The zero-order valence-electron chi connectivity index (χ0n) is 17.9. The van der Waals surface area contributed by atoms with Crippen molar-refractivity contribution in [2.24, 2.45) is 0 Å². The molecule has 0 atom stereocenters. The maximum atomic E-state index is 13.3. The minimum Gasteiger partial charge on any atom is -0.497 e. The maximum Gasteiger partial charge on any atom is 0.256 e. The highest BCUT2D eigenvalue weighted by Gasteiger charge is 2.13. The molecule has 1 heterocycles. The average Bonchev–Trinajstić information content (AvgIpc) is 2.84. The quantitative estimate of drug-likeness (QED) is 0.447. The van der Waals surface area contributed by atoms with E-state index in [1.54, 1.807) is 13.2 Å². The van der Waals surface area contributed by atoms with E-state index in [4.69, 9.17) is 4.74 Å². The van der Waals surface area contributed by atoms with Gasteiger partial charge in [-0.2, -0.15) is 0 Å². The molecule has 0 saturated heterocycles. The summed E-state index contributed by atoms with van der Waals surface area (Å²) in [5, 5.41) is 7.04. The number of carbonyl (C=O) groups excluding carboxylic acids is 1. The van der Waals surface area contributed by atoms with Gasteiger partial charge in [0.05, 0.1) is 12.6 Å². The molecule has 0 spiro atoms. The molecule has 0 aliphatic carbocycles. The number of nitrogens with zero attached hydrogens (tertiary/aromatic N) is 1. The van der Waals surface area contributed by atoms with Gasteiger partial charge in [-0.15, -0.1) is 0 Å². The summed E-state index contributed by atoms with van der Waals surface area (Å²) < 4.78 is 6.85. The first-order valence-corrected chi connectivity index (χ1v) is 10.4. The van der Waals surface area contributed by atoms with Crippen LogP contribution in [0.4, 0.5) is 5.69 Å². The fourth-order valence-corrected chi connectivity index (χ4v) is 3.57. The number of amides is 1. The van der Waals surface area contributed by atoms with E-state index in [-0.39, 0.29) is 18.0 Å². The first kappa shape index (κ1) is 21.2. The highest BCUT2D eigenvalue weighted by molar-refractivity contribution is 5.84. The second-order valence-corrected chi connectivity index (χ2v) is 7.47. The van der Waals surface area contributed by atoms with E-state index < -0.39 is 0 Å². The minimum atomic E-state index is -0.228. The Hall–Kier alpha value is -4.06. The lowest BCUT2D eigenvalue weighted by atomic mass is 10.1. The molecule has 1 aromatic heterocycles. The SMILES string of the molecule is COc1ccc2cc(CNc3ccccc3)c(=O)n(CC(=O)NCc3ccccc3)c2c1. The number of para-hydroxylation sites is 1. The third-order valence-corrected chi connectivity index (χ3v) is 5.27. The number of methoxy groups -OCH3 is 1. The molecule has 0 aliphatic rings. The van der Waals surface area contributed by atoms with Crippen LogP contribution < -0.4 is 20.9 Å². The van der Waals surface area contributed by atoms with Gasteiger partial charge in [-0.1, -0.05) is 48.5 Å². The number of hydrogen-bond acceptors (Lipinski definition) is 4. The Balaban J connectivity index is 1.62. The Morgan fingerprint density at radius 3 is 2.34 bits per heavy atom. The molecule has 6 nitrogen and oxygen atoms in total. The van der Waals surface area contributed by atoms with E-state index in [1.807, 2.05) is 78.9 Å². The number of hydrogen-bond donors (Lipinski definition) is 2. The van der Waals surface area contributed by atoms with Gasteiger partial charge < -0.3 is 15.4 Å². The van der Waals surface area contributed by atoms with Crippen LogP contribution in [0.15, 0.2) is 89.7 Å². The molecular formula is C26H25N3O3. The summed E-state index contributed by atoms with van der Waals surface area (Å²) in [4.78, 5) is 26.0. The fraction of sp³-hybridized carbons (Fsp3) is 0.154. The monoisotopic (exact) mass is 427 g/mol. The minimum absolute atomic E-state index is 0.0749. The standard InChI is InChI=1S/C26H25N3O3/c1-32-23-13-12-20-14-21(17-27-22-10-6-3-7-11-22)26(31)29(24(20)15-23)18-25(30)28-16-19-8-4-2-5-9-19/h2-15,27H,16-18H2,1H3,(H,28,30). The molecule has 0 radical (unpaired) electrons. The van der Waals surface area contributed by atoms with Gasteiger partial charge in [0.1, 0.15) is 12.3 Å². The van der Waals surface area contributed by atoms with Crippen LogP contribution in [0.5, 0.6) is 5.75 Å². The van der Waals surface area contributed by atoms with Gasteiger partial charge in [0, 0.05) is 30.4 Å². The number of benzene rings is 3. The number of aromatic nitrogens is 1. The second kappa shape index (κ2) is 9.83. The van der Waals surface area contributed by atoms with Crippen LogP contribution >= 0.6 is 0 Å². The molecule has 162 valence electrons. The summed E-state index contributed by atoms with van der Waals surface area (Å²) in [5.74, 6) is 0.402. The lowest BCUT2D eigenvalue weighted by Gasteiger charge is -2.15. The van der Waals surface area contributed by atoms with Crippen molar-refractivity contribution < 1.29 is 9.53 Å². The van der Waals surface area contributed by atoms with Crippen molar-refractivity contribution in [1.29, 1.82) is 0 Å². The van der Waals surface area contributed by atoms with E-state index in [0.29, 0.717) is 29.9 Å². The lowest BCUT2D eigenvalue weighted by Crippen LogP contribution is -2.33. The van der Waals surface area contributed by atoms with E-state index in [2.05, 4.69) is 10.6 Å². The Kier molecular flexibility index (Phi) is 6.51. The van der Waals surface area contributed by atoms with Crippen LogP contribution in [0.2, 0.25) is 0 Å². The highest BCUT2D eigenvalue weighted by Crippen LogP contribution is 2.21. The van der Waals surface area contributed by atoms with Crippen LogP contribution in [-0.4, -0.2) is 17.6 Å². The van der Waals surface area contributed by atoms with Gasteiger partial charge in [-0.3, -0.25) is 14.2 Å². The number of fused-ring (bicyclic) bond motifs is 1. The number of nitrogens with one attached hydrogen (secondary N) is 2. The predicted octanol–water partition coefficient (Wildman–Crippen LogP) is 3.94. The largest absolute Gasteiger partial charge is 0.497 e.